The van der Waals surface area contributed by atoms with E-state index >= 15 is 0 Å². The summed E-state index contributed by atoms with van der Waals surface area (Å²) in [4.78, 5) is 14.8. The SMILES string of the molecule is Cc1cnc(COc2ccc(N)cc2)c(C)c1[N+](=O)[O-]. The molecule has 0 aliphatic carbocycles. The Morgan fingerprint density at radius 2 is 1.95 bits per heavy atom. The van der Waals surface area contributed by atoms with Gasteiger partial charge in [0.25, 0.3) is 5.69 Å². The quantitative estimate of drug-likeness (QED) is 0.525. The molecule has 2 rings (SSSR count). The van der Waals surface area contributed by atoms with E-state index in [1.54, 1.807) is 38.1 Å². The van der Waals surface area contributed by atoms with Crippen LogP contribution in [0.3, 0.4) is 0 Å². The molecule has 0 fully saturated rings. The molecule has 1 aromatic carbocycles. The Morgan fingerprint density at radius 3 is 2.55 bits per heavy atom. The molecule has 0 unspecified atom stereocenters. The highest BCUT2D eigenvalue weighted by atomic mass is 16.6. The van der Waals surface area contributed by atoms with Crippen molar-refractivity contribution in [1.82, 2.24) is 4.98 Å². The number of nitrogens with zero attached hydrogens (tertiary/aromatic N) is 2. The predicted octanol–water partition coefficient (Wildman–Crippen LogP) is 2.77. The maximum absolute atomic E-state index is 11.0. The Balaban J connectivity index is 2.20. The van der Waals surface area contributed by atoms with Crippen molar-refractivity contribution >= 4 is 11.4 Å². The molecule has 0 bridgehead atoms. The van der Waals surface area contributed by atoms with Crippen LogP contribution in [0.2, 0.25) is 0 Å². The molecule has 0 radical (unpaired) electrons. The maximum atomic E-state index is 11.0. The molecule has 6 heteroatoms. The van der Waals surface area contributed by atoms with E-state index in [1.807, 2.05) is 0 Å². The molecular weight excluding hydrogens is 258 g/mol. The van der Waals surface area contributed by atoms with E-state index in [4.69, 9.17) is 10.5 Å². The number of nitrogens with two attached hydrogens (primary N) is 1. The molecule has 0 amide bonds. The molecular formula is C14H15N3O3. The second-order valence-corrected chi connectivity index (χ2v) is 4.48. The summed E-state index contributed by atoms with van der Waals surface area (Å²) in [7, 11) is 0. The number of nitro groups is 1. The highest BCUT2D eigenvalue weighted by Gasteiger charge is 2.18. The molecule has 1 heterocycles. The number of pyridine rings is 1. The first-order valence-corrected chi connectivity index (χ1v) is 6.07. The Hall–Kier alpha value is -2.63. The number of anilines is 1. The van der Waals surface area contributed by atoms with Crippen molar-refractivity contribution in [2.45, 2.75) is 20.5 Å². The summed E-state index contributed by atoms with van der Waals surface area (Å²) in [6.07, 6.45) is 1.49. The van der Waals surface area contributed by atoms with Crippen LogP contribution in [0, 0.1) is 24.0 Å². The lowest BCUT2D eigenvalue weighted by Crippen LogP contribution is -2.05. The number of rotatable bonds is 4. The van der Waals surface area contributed by atoms with Crippen molar-refractivity contribution in [3.05, 3.63) is 57.4 Å². The molecule has 104 valence electrons. The minimum absolute atomic E-state index is 0.0934. The summed E-state index contributed by atoms with van der Waals surface area (Å²) >= 11 is 0. The molecule has 1 aromatic heterocycles. The lowest BCUT2D eigenvalue weighted by molar-refractivity contribution is -0.386. The van der Waals surface area contributed by atoms with Crippen molar-refractivity contribution in [3.8, 4) is 5.75 Å². The number of ether oxygens (including phenoxy) is 1. The second-order valence-electron chi connectivity index (χ2n) is 4.48. The molecule has 0 aliphatic heterocycles. The van der Waals surface area contributed by atoms with Gasteiger partial charge in [0.2, 0.25) is 0 Å². The first-order valence-electron chi connectivity index (χ1n) is 6.07. The molecule has 0 atom stereocenters. The Labute approximate surface area is 116 Å². The van der Waals surface area contributed by atoms with Gasteiger partial charge < -0.3 is 10.5 Å². The fourth-order valence-corrected chi connectivity index (χ4v) is 1.91. The zero-order chi connectivity index (χ0) is 14.7. The Bertz CT molecular complexity index is 639. The summed E-state index contributed by atoms with van der Waals surface area (Å²) < 4.78 is 5.56. The fourth-order valence-electron chi connectivity index (χ4n) is 1.91. The molecule has 0 aliphatic rings. The molecule has 2 aromatic rings. The number of aromatic nitrogens is 1. The van der Waals surface area contributed by atoms with Gasteiger partial charge in [-0.05, 0) is 38.1 Å². The van der Waals surface area contributed by atoms with Crippen LogP contribution in [0.15, 0.2) is 30.5 Å². The van der Waals surface area contributed by atoms with E-state index in [0.717, 1.165) is 0 Å². The third-order valence-electron chi connectivity index (χ3n) is 3.01. The predicted molar refractivity (Wildman–Crippen MR) is 75.6 cm³/mol. The number of aryl methyl sites for hydroxylation is 1. The minimum Gasteiger partial charge on any atom is -0.487 e. The van der Waals surface area contributed by atoms with Crippen LogP contribution in [0.4, 0.5) is 11.4 Å². The average molecular weight is 273 g/mol. The molecule has 20 heavy (non-hydrogen) atoms. The Kier molecular flexibility index (Phi) is 3.84. The van der Waals surface area contributed by atoms with Gasteiger partial charge in [-0.3, -0.25) is 15.1 Å². The van der Waals surface area contributed by atoms with E-state index in [2.05, 4.69) is 4.98 Å². The van der Waals surface area contributed by atoms with Gasteiger partial charge in [-0.25, -0.2) is 0 Å². The topological polar surface area (TPSA) is 91.3 Å². The van der Waals surface area contributed by atoms with Crippen LogP contribution in [0.25, 0.3) is 0 Å². The molecule has 0 saturated heterocycles. The van der Waals surface area contributed by atoms with E-state index in [1.165, 1.54) is 6.20 Å². The summed E-state index contributed by atoms with van der Waals surface area (Å²) in [5, 5.41) is 11.0. The van der Waals surface area contributed by atoms with Crippen LogP contribution in [0.5, 0.6) is 5.75 Å². The minimum atomic E-state index is -0.390. The lowest BCUT2D eigenvalue weighted by atomic mass is 10.1. The van der Waals surface area contributed by atoms with Crippen molar-refractivity contribution < 1.29 is 9.66 Å². The van der Waals surface area contributed by atoms with Gasteiger partial charge in [0.15, 0.2) is 0 Å². The van der Waals surface area contributed by atoms with Crippen molar-refractivity contribution in [2.75, 3.05) is 5.73 Å². The van der Waals surface area contributed by atoms with Gasteiger partial charge in [0, 0.05) is 17.4 Å². The smallest absolute Gasteiger partial charge is 0.278 e. The number of benzene rings is 1. The van der Waals surface area contributed by atoms with E-state index in [0.29, 0.717) is 28.3 Å². The summed E-state index contributed by atoms with van der Waals surface area (Å²) in [5.74, 6) is 0.642. The molecule has 6 nitrogen and oxygen atoms in total. The highest BCUT2D eigenvalue weighted by Crippen LogP contribution is 2.25. The van der Waals surface area contributed by atoms with E-state index in [9.17, 15) is 10.1 Å². The first kappa shape index (κ1) is 13.8. The van der Waals surface area contributed by atoms with Gasteiger partial charge in [-0.15, -0.1) is 0 Å². The van der Waals surface area contributed by atoms with Crippen molar-refractivity contribution in [1.29, 1.82) is 0 Å². The third kappa shape index (κ3) is 2.85. The normalized spacial score (nSPS) is 10.3. The van der Waals surface area contributed by atoms with Crippen LogP contribution >= 0.6 is 0 Å². The van der Waals surface area contributed by atoms with Crippen LogP contribution < -0.4 is 10.5 Å². The van der Waals surface area contributed by atoms with Crippen LogP contribution in [-0.2, 0) is 6.61 Å². The summed E-state index contributed by atoms with van der Waals surface area (Å²) in [5.41, 5.74) is 7.96. The monoisotopic (exact) mass is 273 g/mol. The lowest BCUT2D eigenvalue weighted by Gasteiger charge is -2.09. The van der Waals surface area contributed by atoms with Gasteiger partial charge >= 0.3 is 0 Å². The maximum Gasteiger partial charge on any atom is 0.278 e. The zero-order valence-corrected chi connectivity index (χ0v) is 11.3. The summed E-state index contributed by atoms with van der Waals surface area (Å²) in [6, 6.07) is 6.95. The molecule has 0 spiro atoms. The van der Waals surface area contributed by atoms with Gasteiger partial charge in [0.1, 0.15) is 12.4 Å². The van der Waals surface area contributed by atoms with Gasteiger partial charge in [-0.1, -0.05) is 0 Å². The standard InChI is InChI=1S/C14H15N3O3/c1-9-7-16-13(10(2)14(9)17(18)19)8-20-12-5-3-11(15)4-6-12/h3-7H,8,15H2,1-2H3. The van der Waals surface area contributed by atoms with Crippen molar-refractivity contribution in [2.24, 2.45) is 0 Å². The Morgan fingerprint density at radius 1 is 1.30 bits per heavy atom. The van der Waals surface area contributed by atoms with E-state index < -0.39 is 0 Å². The average Bonchev–Trinajstić information content (AvgIpc) is 2.39. The summed E-state index contributed by atoms with van der Waals surface area (Å²) in [6.45, 7) is 3.53. The number of nitrogen functional groups attached to an aromatic ring is 1. The molecule has 0 saturated carbocycles. The molecule has 2 N–H and O–H groups in total. The fraction of sp³-hybridized carbons (Fsp3) is 0.214. The van der Waals surface area contributed by atoms with Gasteiger partial charge in [0.05, 0.1) is 16.2 Å². The van der Waals surface area contributed by atoms with E-state index in [-0.39, 0.29) is 17.2 Å². The van der Waals surface area contributed by atoms with Gasteiger partial charge in [-0.2, -0.15) is 0 Å². The second kappa shape index (κ2) is 5.56. The zero-order valence-electron chi connectivity index (χ0n) is 11.3. The number of hydrogen-bond donors (Lipinski definition) is 1. The van der Waals surface area contributed by atoms with Crippen LogP contribution in [-0.4, -0.2) is 9.91 Å². The third-order valence-corrected chi connectivity index (χ3v) is 3.01. The largest absolute Gasteiger partial charge is 0.487 e. The van der Waals surface area contributed by atoms with Crippen LogP contribution in [0.1, 0.15) is 16.8 Å². The first-order chi connectivity index (χ1) is 9.49. The number of hydrogen-bond acceptors (Lipinski definition) is 5. The van der Waals surface area contributed by atoms with Crippen molar-refractivity contribution in [3.63, 3.8) is 0 Å². The highest BCUT2D eigenvalue weighted by molar-refractivity contribution is 5.47.